The molecule has 2 aliphatic rings. The molecule has 3 heterocycles. The minimum atomic E-state index is -2.89. The summed E-state index contributed by atoms with van der Waals surface area (Å²) in [6.07, 6.45) is 5.62. The van der Waals surface area contributed by atoms with Crippen LogP contribution in [0, 0.1) is 0 Å². The molecule has 1 aliphatic carbocycles. The average molecular weight is 364 g/mol. The predicted octanol–water partition coefficient (Wildman–Crippen LogP) is 0.923. The summed E-state index contributed by atoms with van der Waals surface area (Å²) in [4.78, 5) is 2.22. The number of sulfone groups is 1. The number of likely N-dealkylation sites (tertiary alicyclic amines) is 1. The van der Waals surface area contributed by atoms with Gasteiger partial charge in [-0.3, -0.25) is 0 Å². The Bertz CT molecular complexity index is 853. The molecule has 136 valence electrons. The molecule has 1 aliphatic heterocycles. The van der Waals surface area contributed by atoms with Crippen LogP contribution in [0.5, 0.6) is 0 Å². The standard InChI is InChI=1S/C16H24N6O2S/c1-25(23,24)11-10-21-8-6-13(7-9-21)17-14-4-5-15-18-19-16(12-2-3-12)22(15)20-14/h4-5,12-13H,2-3,6-11H2,1H3,(H,17,20). The fourth-order valence-corrected chi connectivity index (χ4v) is 3.87. The molecule has 0 bridgehead atoms. The summed E-state index contributed by atoms with van der Waals surface area (Å²) in [6, 6.07) is 4.27. The van der Waals surface area contributed by atoms with E-state index in [1.807, 2.05) is 16.6 Å². The lowest BCUT2D eigenvalue weighted by Crippen LogP contribution is -2.41. The summed E-state index contributed by atoms with van der Waals surface area (Å²) < 4.78 is 24.4. The minimum absolute atomic E-state index is 0.237. The van der Waals surface area contributed by atoms with Crippen molar-refractivity contribution in [3.8, 4) is 0 Å². The quantitative estimate of drug-likeness (QED) is 0.815. The molecule has 1 N–H and O–H groups in total. The zero-order valence-corrected chi connectivity index (χ0v) is 15.2. The molecule has 25 heavy (non-hydrogen) atoms. The second-order valence-corrected chi connectivity index (χ2v) is 9.47. The SMILES string of the molecule is CS(=O)(=O)CCN1CCC(Nc2ccc3nnc(C4CC4)n3n2)CC1. The molecule has 0 atom stereocenters. The maximum Gasteiger partial charge on any atom is 0.178 e. The second kappa shape index (κ2) is 6.53. The maximum absolute atomic E-state index is 11.3. The number of rotatable bonds is 6. The van der Waals surface area contributed by atoms with Crippen molar-refractivity contribution in [3.63, 3.8) is 0 Å². The first-order valence-corrected chi connectivity index (χ1v) is 10.9. The highest BCUT2D eigenvalue weighted by atomic mass is 32.2. The third-order valence-electron chi connectivity index (χ3n) is 4.95. The van der Waals surface area contributed by atoms with Crippen LogP contribution in [-0.4, -0.2) is 70.8 Å². The third kappa shape index (κ3) is 4.09. The van der Waals surface area contributed by atoms with Gasteiger partial charge in [-0.1, -0.05) is 0 Å². The van der Waals surface area contributed by atoms with Crippen molar-refractivity contribution in [3.05, 3.63) is 18.0 Å². The molecule has 0 spiro atoms. The van der Waals surface area contributed by atoms with Crippen LogP contribution in [0.1, 0.15) is 37.4 Å². The van der Waals surface area contributed by atoms with Crippen LogP contribution in [0.15, 0.2) is 12.1 Å². The minimum Gasteiger partial charge on any atom is -0.366 e. The summed E-state index contributed by atoms with van der Waals surface area (Å²) in [5, 5.41) is 16.6. The van der Waals surface area contributed by atoms with Crippen molar-refractivity contribution in [2.24, 2.45) is 0 Å². The van der Waals surface area contributed by atoms with E-state index in [0.29, 0.717) is 18.5 Å². The Hall–Kier alpha value is -1.74. The second-order valence-electron chi connectivity index (χ2n) is 7.21. The Morgan fingerprint density at radius 3 is 2.60 bits per heavy atom. The van der Waals surface area contributed by atoms with Gasteiger partial charge in [0.15, 0.2) is 11.5 Å². The van der Waals surface area contributed by atoms with Gasteiger partial charge in [0.1, 0.15) is 15.7 Å². The van der Waals surface area contributed by atoms with Crippen molar-refractivity contribution >= 4 is 21.3 Å². The van der Waals surface area contributed by atoms with Crippen molar-refractivity contribution in [2.75, 3.05) is 37.0 Å². The van der Waals surface area contributed by atoms with Gasteiger partial charge >= 0.3 is 0 Å². The van der Waals surface area contributed by atoms with E-state index in [2.05, 4.69) is 25.5 Å². The number of nitrogens with zero attached hydrogens (tertiary/aromatic N) is 5. The zero-order valence-electron chi connectivity index (χ0n) is 14.4. The van der Waals surface area contributed by atoms with Gasteiger partial charge < -0.3 is 10.2 Å². The van der Waals surface area contributed by atoms with Gasteiger partial charge in [-0.2, -0.15) is 4.52 Å². The third-order valence-corrected chi connectivity index (χ3v) is 5.87. The van der Waals surface area contributed by atoms with Gasteiger partial charge in [0.2, 0.25) is 0 Å². The molecule has 8 nitrogen and oxygen atoms in total. The summed E-state index contributed by atoms with van der Waals surface area (Å²) >= 11 is 0. The Morgan fingerprint density at radius 2 is 1.92 bits per heavy atom. The Balaban J connectivity index is 1.35. The Morgan fingerprint density at radius 1 is 1.16 bits per heavy atom. The van der Waals surface area contributed by atoms with E-state index in [1.54, 1.807) is 0 Å². The van der Waals surface area contributed by atoms with E-state index in [0.717, 1.165) is 43.2 Å². The van der Waals surface area contributed by atoms with Crippen molar-refractivity contribution in [1.82, 2.24) is 24.7 Å². The summed E-state index contributed by atoms with van der Waals surface area (Å²) in [5.74, 6) is 2.56. The van der Waals surface area contributed by atoms with E-state index in [4.69, 9.17) is 0 Å². The normalized spacial score (nSPS) is 20.2. The number of fused-ring (bicyclic) bond motifs is 1. The lowest BCUT2D eigenvalue weighted by Gasteiger charge is -2.32. The van der Waals surface area contributed by atoms with Crippen LogP contribution in [-0.2, 0) is 9.84 Å². The lowest BCUT2D eigenvalue weighted by molar-refractivity contribution is 0.230. The smallest absolute Gasteiger partial charge is 0.178 e. The van der Waals surface area contributed by atoms with Crippen LogP contribution in [0.4, 0.5) is 5.82 Å². The highest BCUT2D eigenvalue weighted by Gasteiger charge is 2.29. The first-order chi connectivity index (χ1) is 12.0. The van der Waals surface area contributed by atoms with E-state index >= 15 is 0 Å². The van der Waals surface area contributed by atoms with Crippen molar-refractivity contribution in [1.29, 1.82) is 0 Å². The number of nitrogens with one attached hydrogen (secondary N) is 1. The average Bonchev–Trinajstić information content (AvgIpc) is 3.33. The first kappa shape index (κ1) is 16.7. The molecule has 2 aromatic heterocycles. The van der Waals surface area contributed by atoms with Crippen LogP contribution in [0.2, 0.25) is 0 Å². The van der Waals surface area contributed by atoms with Crippen LogP contribution >= 0.6 is 0 Å². The largest absolute Gasteiger partial charge is 0.366 e. The number of aromatic nitrogens is 4. The zero-order chi connectivity index (χ0) is 17.4. The van der Waals surface area contributed by atoms with Crippen LogP contribution in [0.3, 0.4) is 0 Å². The lowest BCUT2D eigenvalue weighted by atomic mass is 10.1. The molecule has 1 saturated carbocycles. The van der Waals surface area contributed by atoms with E-state index in [1.165, 1.54) is 19.1 Å². The highest BCUT2D eigenvalue weighted by Crippen LogP contribution is 2.38. The van der Waals surface area contributed by atoms with E-state index in [9.17, 15) is 8.42 Å². The molecule has 0 unspecified atom stereocenters. The van der Waals surface area contributed by atoms with Crippen molar-refractivity contribution < 1.29 is 8.42 Å². The van der Waals surface area contributed by atoms with Crippen LogP contribution in [0.25, 0.3) is 5.65 Å². The molecule has 2 fully saturated rings. The fourth-order valence-electron chi connectivity index (χ4n) is 3.28. The van der Waals surface area contributed by atoms with Gasteiger partial charge in [-0.15, -0.1) is 15.3 Å². The van der Waals surface area contributed by atoms with Gasteiger partial charge in [0.25, 0.3) is 0 Å². The number of hydrogen-bond donors (Lipinski definition) is 1. The Labute approximate surface area is 147 Å². The van der Waals surface area contributed by atoms with Crippen LogP contribution < -0.4 is 5.32 Å². The monoisotopic (exact) mass is 364 g/mol. The first-order valence-electron chi connectivity index (χ1n) is 8.87. The van der Waals surface area contributed by atoms with E-state index < -0.39 is 9.84 Å². The number of anilines is 1. The number of piperidine rings is 1. The molecule has 2 aromatic rings. The molecule has 4 rings (SSSR count). The molecule has 1 saturated heterocycles. The molecule has 0 amide bonds. The maximum atomic E-state index is 11.3. The van der Waals surface area contributed by atoms with Gasteiger partial charge in [0.05, 0.1) is 5.75 Å². The highest BCUT2D eigenvalue weighted by molar-refractivity contribution is 7.90. The Kier molecular flexibility index (Phi) is 4.36. The fraction of sp³-hybridized carbons (Fsp3) is 0.688. The molecule has 9 heteroatoms. The van der Waals surface area contributed by atoms with Crippen molar-refractivity contribution in [2.45, 2.75) is 37.6 Å². The van der Waals surface area contributed by atoms with E-state index in [-0.39, 0.29) is 5.75 Å². The number of hydrogen-bond acceptors (Lipinski definition) is 7. The molecule has 0 aromatic carbocycles. The van der Waals surface area contributed by atoms with Gasteiger partial charge in [-0.05, 0) is 37.8 Å². The van der Waals surface area contributed by atoms with Gasteiger partial charge in [0, 0.05) is 37.8 Å². The predicted molar refractivity (Wildman–Crippen MR) is 95.6 cm³/mol. The molecular weight excluding hydrogens is 340 g/mol. The molecular formula is C16H24N6O2S. The molecule has 0 radical (unpaired) electrons. The summed E-state index contributed by atoms with van der Waals surface area (Å²) in [5.41, 5.74) is 0.794. The topological polar surface area (TPSA) is 92.5 Å². The summed E-state index contributed by atoms with van der Waals surface area (Å²) in [7, 11) is -2.89. The van der Waals surface area contributed by atoms with Gasteiger partial charge in [-0.25, -0.2) is 8.42 Å². The summed E-state index contributed by atoms with van der Waals surface area (Å²) in [6.45, 7) is 2.45.